The Morgan fingerprint density at radius 2 is 0.938 bits per heavy atom. The third-order valence-electron chi connectivity index (χ3n) is 5.85. The summed E-state index contributed by atoms with van der Waals surface area (Å²) in [7, 11) is 0. The van der Waals surface area contributed by atoms with Crippen LogP contribution < -0.4 is 5.32 Å². The number of rotatable bonds is 22. The highest BCUT2D eigenvalue weighted by molar-refractivity contribution is 5.81. The first-order valence-corrected chi connectivity index (χ1v) is 12.6. The third-order valence-corrected chi connectivity index (χ3v) is 5.85. The van der Waals surface area contributed by atoms with Crippen LogP contribution >= 0.6 is 0 Å². The van der Waals surface area contributed by atoms with Crippen LogP contribution in [-0.4, -0.2) is 68.4 Å². The molecule has 0 aromatic rings. The number of hydrogen-bond donors (Lipinski definition) is 6. The number of unbranched alkanes of at least 4 members (excludes halogenated alkanes) is 15. The van der Waals surface area contributed by atoms with Gasteiger partial charge in [0.25, 0.3) is 5.91 Å². The van der Waals surface area contributed by atoms with Gasteiger partial charge in [0.1, 0.15) is 12.2 Å². The molecule has 190 valence electrons. The fourth-order valence-electron chi connectivity index (χ4n) is 3.66. The SMILES string of the molecule is CCCCCCCCCCCCCCCCCCNC(=O)[C@@H](O)[C@H](O)[C@@H](O)[C@@H](O)C(=O)O. The fraction of sp³-hybridized carbons (Fsp3) is 0.917. The van der Waals surface area contributed by atoms with Gasteiger partial charge in [0.05, 0.1) is 0 Å². The number of amides is 1. The summed E-state index contributed by atoms with van der Waals surface area (Å²) in [5, 5.41) is 49.0. The Morgan fingerprint density at radius 3 is 1.31 bits per heavy atom. The first-order valence-electron chi connectivity index (χ1n) is 12.6. The number of carbonyl (C=O) groups is 2. The van der Waals surface area contributed by atoms with Crippen molar-refractivity contribution >= 4 is 11.9 Å². The van der Waals surface area contributed by atoms with Gasteiger partial charge in [-0.1, -0.05) is 103 Å². The second-order valence-electron chi connectivity index (χ2n) is 8.80. The fourth-order valence-corrected chi connectivity index (χ4v) is 3.66. The van der Waals surface area contributed by atoms with Gasteiger partial charge in [-0.2, -0.15) is 0 Å². The Balaban J connectivity index is 3.53. The predicted molar refractivity (Wildman–Crippen MR) is 124 cm³/mol. The maximum Gasteiger partial charge on any atom is 0.335 e. The molecule has 0 aromatic carbocycles. The zero-order valence-corrected chi connectivity index (χ0v) is 19.9. The van der Waals surface area contributed by atoms with Crippen LogP contribution in [0.25, 0.3) is 0 Å². The van der Waals surface area contributed by atoms with Gasteiger partial charge in [-0.3, -0.25) is 4.79 Å². The molecule has 0 spiro atoms. The van der Waals surface area contributed by atoms with E-state index < -0.39 is 36.3 Å². The van der Waals surface area contributed by atoms with E-state index in [-0.39, 0.29) is 0 Å². The van der Waals surface area contributed by atoms with E-state index in [0.717, 1.165) is 25.7 Å². The van der Waals surface area contributed by atoms with Gasteiger partial charge >= 0.3 is 5.97 Å². The Morgan fingerprint density at radius 1 is 0.594 bits per heavy atom. The summed E-state index contributed by atoms with van der Waals surface area (Å²) in [6.07, 6.45) is 11.4. The van der Waals surface area contributed by atoms with Crippen molar-refractivity contribution in [2.45, 2.75) is 134 Å². The van der Waals surface area contributed by atoms with Gasteiger partial charge in [0, 0.05) is 6.54 Å². The first-order chi connectivity index (χ1) is 15.3. The lowest BCUT2D eigenvalue weighted by atomic mass is 10.0. The molecule has 0 saturated carbocycles. The topological polar surface area (TPSA) is 147 Å². The molecule has 0 fully saturated rings. The lowest BCUT2D eigenvalue weighted by Crippen LogP contribution is -2.52. The number of nitrogens with one attached hydrogen (secondary N) is 1. The van der Waals surface area contributed by atoms with Crippen molar-refractivity contribution in [2.75, 3.05) is 6.54 Å². The third kappa shape index (κ3) is 15.6. The Labute approximate surface area is 193 Å². The molecule has 32 heavy (non-hydrogen) atoms. The molecule has 1 amide bonds. The summed E-state index contributed by atoms with van der Waals surface area (Å²) in [4.78, 5) is 22.4. The zero-order chi connectivity index (χ0) is 24.2. The highest BCUT2D eigenvalue weighted by Gasteiger charge is 2.37. The van der Waals surface area contributed by atoms with Crippen molar-refractivity contribution in [2.24, 2.45) is 0 Å². The number of aliphatic hydroxyl groups is 4. The predicted octanol–water partition coefficient (Wildman–Crippen LogP) is 2.89. The van der Waals surface area contributed by atoms with Gasteiger partial charge in [0.2, 0.25) is 0 Å². The zero-order valence-electron chi connectivity index (χ0n) is 19.9. The van der Waals surface area contributed by atoms with Crippen molar-refractivity contribution in [1.82, 2.24) is 5.32 Å². The second kappa shape index (κ2) is 20.4. The maximum atomic E-state index is 11.8. The van der Waals surface area contributed by atoms with Crippen LogP contribution in [0.5, 0.6) is 0 Å². The Kier molecular flexibility index (Phi) is 19.6. The highest BCUT2D eigenvalue weighted by atomic mass is 16.4. The molecule has 0 aromatic heterocycles. The first kappa shape index (κ1) is 30.8. The van der Waals surface area contributed by atoms with E-state index in [1.165, 1.54) is 77.0 Å². The Hall–Kier alpha value is -1.22. The second-order valence-corrected chi connectivity index (χ2v) is 8.80. The van der Waals surface area contributed by atoms with Crippen LogP contribution in [0.15, 0.2) is 0 Å². The molecule has 0 saturated heterocycles. The molecule has 8 heteroatoms. The van der Waals surface area contributed by atoms with Crippen LogP contribution in [0.4, 0.5) is 0 Å². The molecule has 0 aliphatic rings. The lowest BCUT2D eigenvalue weighted by molar-refractivity contribution is -0.166. The largest absolute Gasteiger partial charge is 0.479 e. The smallest absolute Gasteiger partial charge is 0.335 e. The average Bonchev–Trinajstić information content (AvgIpc) is 2.78. The minimum Gasteiger partial charge on any atom is -0.479 e. The average molecular weight is 462 g/mol. The lowest BCUT2D eigenvalue weighted by Gasteiger charge is -2.23. The van der Waals surface area contributed by atoms with Crippen molar-refractivity contribution < 1.29 is 35.1 Å². The highest BCUT2D eigenvalue weighted by Crippen LogP contribution is 2.13. The molecule has 0 rings (SSSR count). The molecule has 0 aliphatic carbocycles. The van der Waals surface area contributed by atoms with Gasteiger partial charge in [-0.05, 0) is 6.42 Å². The number of aliphatic carboxylic acids is 1. The summed E-state index contributed by atoms with van der Waals surface area (Å²) < 4.78 is 0. The summed E-state index contributed by atoms with van der Waals surface area (Å²) in [5.74, 6) is -2.66. The minimum atomic E-state index is -2.28. The number of aliphatic hydroxyl groups excluding tert-OH is 4. The van der Waals surface area contributed by atoms with E-state index >= 15 is 0 Å². The van der Waals surface area contributed by atoms with E-state index in [4.69, 9.17) is 5.11 Å². The molecule has 0 aliphatic heterocycles. The number of carbonyl (C=O) groups excluding carboxylic acids is 1. The van der Waals surface area contributed by atoms with Crippen LogP contribution in [0.1, 0.15) is 110 Å². The standard InChI is InChI=1S/C24H47NO7/c1-2-3-4-5-6-7-8-9-10-11-12-13-14-15-16-17-18-25-23(30)21(28)19(26)20(27)22(29)24(31)32/h19-22,26-29H,2-18H2,1H3,(H,25,30)(H,31,32)/t19-,20-,21+,22-/m1/s1. The quantitative estimate of drug-likeness (QED) is 0.136. The van der Waals surface area contributed by atoms with Gasteiger partial charge in [-0.15, -0.1) is 0 Å². The van der Waals surface area contributed by atoms with Crippen LogP contribution in [-0.2, 0) is 9.59 Å². The summed E-state index contributed by atoms with van der Waals surface area (Å²) in [6, 6.07) is 0. The van der Waals surface area contributed by atoms with Crippen LogP contribution in [0, 0.1) is 0 Å². The summed E-state index contributed by atoms with van der Waals surface area (Å²) >= 11 is 0. The summed E-state index contributed by atoms with van der Waals surface area (Å²) in [5.41, 5.74) is 0. The molecule has 4 atom stereocenters. The van der Waals surface area contributed by atoms with Gasteiger partial charge in [0.15, 0.2) is 12.2 Å². The number of carboxylic acid groups (broad SMARTS) is 1. The molecule has 0 radical (unpaired) electrons. The normalized spacial score (nSPS) is 15.2. The van der Waals surface area contributed by atoms with E-state index in [1.807, 2.05) is 0 Å². The monoisotopic (exact) mass is 461 g/mol. The van der Waals surface area contributed by atoms with Crippen molar-refractivity contribution in [3.05, 3.63) is 0 Å². The van der Waals surface area contributed by atoms with Crippen molar-refractivity contribution in [3.8, 4) is 0 Å². The number of hydrogen-bond acceptors (Lipinski definition) is 6. The molecule has 6 N–H and O–H groups in total. The molecule has 0 bridgehead atoms. The molecule has 0 heterocycles. The minimum absolute atomic E-state index is 0.318. The van der Waals surface area contributed by atoms with Gasteiger partial charge < -0.3 is 30.8 Å². The Bertz CT molecular complexity index is 475. The van der Waals surface area contributed by atoms with E-state index in [1.54, 1.807) is 0 Å². The van der Waals surface area contributed by atoms with Crippen LogP contribution in [0.3, 0.4) is 0 Å². The molecule has 0 unspecified atom stereocenters. The maximum absolute atomic E-state index is 11.8. The van der Waals surface area contributed by atoms with E-state index in [2.05, 4.69) is 12.2 Å². The van der Waals surface area contributed by atoms with E-state index in [0.29, 0.717) is 6.54 Å². The van der Waals surface area contributed by atoms with Crippen LogP contribution in [0.2, 0.25) is 0 Å². The van der Waals surface area contributed by atoms with Crippen molar-refractivity contribution in [3.63, 3.8) is 0 Å². The van der Waals surface area contributed by atoms with Gasteiger partial charge in [-0.25, -0.2) is 4.79 Å². The summed E-state index contributed by atoms with van der Waals surface area (Å²) in [6.45, 7) is 2.57. The molecular formula is C24H47NO7. The molecular weight excluding hydrogens is 414 g/mol. The van der Waals surface area contributed by atoms with E-state index in [9.17, 15) is 30.0 Å². The number of carboxylic acids is 1. The molecule has 8 nitrogen and oxygen atoms in total. The van der Waals surface area contributed by atoms with Crippen molar-refractivity contribution in [1.29, 1.82) is 0 Å².